The summed E-state index contributed by atoms with van der Waals surface area (Å²) >= 11 is 2.83. The highest BCUT2D eigenvalue weighted by Crippen LogP contribution is 2.33. The number of fused-ring (bicyclic) bond motifs is 1. The van der Waals surface area contributed by atoms with Crippen molar-refractivity contribution in [3.8, 4) is 5.75 Å². The number of carbonyl (C=O) groups is 1. The van der Waals surface area contributed by atoms with Gasteiger partial charge in [-0.25, -0.2) is 9.79 Å². The van der Waals surface area contributed by atoms with Crippen molar-refractivity contribution in [3.05, 3.63) is 83.2 Å². The fourth-order valence-electron chi connectivity index (χ4n) is 3.65. The minimum atomic E-state index is -0.545. The normalized spacial score (nSPS) is 15.8. The molecular weight excluding hydrogens is 456 g/mol. The number of carbonyl (C=O) groups excluding carboxylic acids is 1. The zero-order valence-electron chi connectivity index (χ0n) is 18.9. The van der Waals surface area contributed by atoms with Gasteiger partial charge in [-0.2, -0.15) is 0 Å². The molecule has 1 aliphatic heterocycles. The first-order chi connectivity index (χ1) is 16.0. The Morgan fingerprint density at radius 1 is 1.21 bits per heavy atom. The molecule has 2 aromatic heterocycles. The molecule has 172 valence electrons. The number of rotatable bonds is 8. The van der Waals surface area contributed by atoms with Crippen molar-refractivity contribution in [1.82, 2.24) is 4.57 Å². The Bertz CT molecular complexity index is 1330. The molecule has 3 heterocycles. The molecule has 4 rings (SSSR count). The van der Waals surface area contributed by atoms with Gasteiger partial charge in [0.15, 0.2) is 4.80 Å². The molecule has 8 heteroatoms. The topological polar surface area (TPSA) is 69.9 Å². The molecule has 1 unspecified atom stereocenters. The Morgan fingerprint density at radius 2 is 2.00 bits per heavy atom. The molecule has 6 nitrogen and oxygen atoms in total. The monoisotopic (exact) mass is 482 g/mol. The van der Waals surface area contributed by atoms with Crippen LogP contribution >= 0.6 is 22.7 Å². The summed E-state index contributed by atoms with van der Waals surface area (Å²) in [4.78, 5) is 32.3. The molecule has 33 heavy (non-hydrogen) atoms. The van der Waals surface area contributed by atoms with Gasteiger partial charge in [-0.3, -0.25) is 9.36 Å². The first-order valence-electron chi connectivity index (χ1n) is 11.0. The summed E-state index contributed by atoms with van der Waals surface area (Å²) in [5.41, 5.74) is 1.71. The van der Waals surface area contributed by atoms with E-state index in [1.807, 2.05) is 47.9 Å². The van der Waals surface area contributed by atoms with Gasteiger partial charge in [-0.15, -0.1) is 11.3 Å². The van der Waals surface area contributed by atoms with E-state index in [0.717, 1.165) is 29.0 Å². The van der Waals surface area contributed by atoms with Gasteiger partial charge in [0.25, 0.3) is 5.56 Å². The summed E-state index contributed by atoms with van der Waals surface area (Å²) in [7, 11) is 0. The Morgan fingerprint density at radius 3 is 2.67 bits per heavy atom. The number of esters is 1. The minimum Gasteiger partial charge on any atom is -0.494 e. The average Bonchev–Trinajstić information content (AvgIpc) is 3.43. The van der Waals surface area contributed by atoms with Crippen LogP contribution in [0, 0.1) is 0 Å². The van der Waals surface area contributed by atoms with E-state index in [2.05, 4.69) is 11.9 Å². The largest absolute Gasteiger partial charge is 0.494 e. The summed E-state index contributed by atoms with van der Waals surface area (Å²) < 4.78 is 13.2. The van der Waals surface area contributed by atoms with Crippen LogP contribution in [0.15, 0.2) is 62.8 Å². The lowest BCUT2D eigenvalue weighted by molar-refractivity contribution is -0.139. The van der Waals surface area contributed by atoms with Crippen molar-refractivity contribution in [1.29, 1.82) is 0 Å². The van der Waals surface area contributed by atoms with Crippen LogP contribution in [0.3, 0.4) is 0 Å². The van der Waals surface area contributed by atoms with Gasteiger partial charge in [0.05, 0.1) is 29.0 Å². The van der Waals surface area contributed by atoms with Gasteiger partial charge in [0.1, 0.15) is 11.8 Å². The second-order valence-electron chi connectivity index (χ2n) is 7.59. The molecular formula is C25H26N2O4S2. The molecule has 0 aliphatic carbocycles. The first kappa shape index (κ1) is 23.2. The summed E-state index contributed by atoms with van der Waals surface area (Å²) in [5.74, 6) is 0.375. The van der Waals surface area contributed by atoms with Gasteiger partial charge in [-0.05, 0) is 55.5 Å². The number of hydrogen-bond acceptors (Lipinski definition) is 7. The fourth-order valence-corrected chi connectivity index (χ4v) is 5.52. The number of thiophene rings is 1. The van der Waals surface area contributed by atoms with E-state index in [9.17, 15) is 9.59 Å². The third-order valence-electron chi connectivity index (χ3n) is 5.27. The predicted molar refractivity (Wildman–Crippen MR) is 132 cm³/mol. The molecule has 1 aliphatic rings. The first-order valence-corrected chi connectivity index (χ1v) is 12.7. The number of nitrogens with zero attached hydrogens (tertiary/aromatic N) is 2. The fraction of sp³-hybridized carbons (Fsp3) is 0.320. The average molecular weight is 483 g/mol. The van der Waals surface area contributed by atoms with E-state index < -0.39 is 12.0 Å². The van der Waals surface area contributed by atoms with Crippen LogP contribution < -0.4 is 19.6 Å². The predicted octanol–water partition coefficient (Wildman–Crippen LogP) is 4.04. The lowest BCUT2D eigenvalue weighted by atomic mass is 10.0. The maximum absolute atomic E-state index is 13.5. The third kappa shape index (κ3) is 4.86. The quantitative estimate of drug-likeness (QED) is 0.359. The molecule has 1 atom stereocenters. The van der Waals surface area contributed by atoms with Crippen LogP contribution in [0.4, 0.5) is 0 Å². The van der Waals surface area contributed by atoms with Gasteiger partial charge in [0, 0.05) is 4.88 Å². The van der Waals surface area contributed by atoms with Crippen molar-refractivity contribution in [2.24, 2.45) is 4.99 Å². The van der Waals surface area contributed by atoms with E-state index >= 15 is 0 Å². The zero-order chi connectivity index (χ0) is 23.4. The SMILES string of the molecule is CCCCOc1ccc(/C=c2/sc3n(c2=O)C(c2cccs2)C(C(=O)OCC)=C(C)N=3)cc1. The molecule has 0 saturated heterocycles. The van der Waals surface area contributed by atoms with E-state index in [0.29, 0.717) is 27.2 Å². The highest BCUT2D eigenvalue weighted by Gasteiger charge is 2.33. The van der Waals surface area contributed by atoms with Gasteiger partial charge >= 0.3 is 5.97 Å². The Labute approximate surface area is 200 Å². The lowest BCUT2D eigenvalue weighted by Crippen LogP contribution is -2.39. The Hall–Kier alpha value is -2.97. The lowest BCUT2D eigenvalue weighted by Gasteiger charge is -2.23. The smallest absolute Gasteiger partial charge is 0.338 e. The van der Waals surface area contributed by atoms with E-state index in [1.165, 1.54) is 22.7 Å². The van der Waals surface area contributed by atoms with Gasteiger partial charge < -0.3 is 9.47 Å². The number of ether oxygens (including phenoxy) is 2. The van der Waals surface area contributed by atoms with E-state index in [-0.39, 0.29) is 12.2 Å². The Kier molecular flexibility index (Phi) is 7.25. The number of thiazole rings is 1. The Balaban J connectivity index is 1.76. The minimum absolute atomic E-state index is 0.172. The van der Waals surface area contributed by atoms with Crippen LogP contribution in [0.2, 0.25) is 0 Å². The molecule has 0 bridgehead atoms. The second kappa shape index (κ2) is 10.3. The molecule has 0 amide bonds. The highest BCUT2D eigenvalue weighted by molar-refractivity contribution is 7.10. The third-order valence-corrected chi connectivity index (χ3v) is 7.18. The molecule has 0 fully saturated rings. The van der Waals surface area contributed by atoms with Gasteiger partial charge in [0.2, 0.25) is 0 Å². The van der Waals surface area contributed by atoms with Crippen LogP contribution in [0.25, 0.3) is 6.08 Å². The standard InChI is InChI=1S/C25H26N2O4S2/c1-4-6-13-31-18-11-9-17(10-12-18)15-20-23(28)27-22(19-8-7-14-32-19)21(24(29)30-5-2)16(3)26-25(27)33-20/h7-12,14-15,22H,4-6,13H2,1-3H3/b20-15+. The van der Waals surface area contributed by atoms with Crippen molar-refractivity contribution < 1.29 is 14.3 Å². The molecule has 0 N–H and O–H groups in total. The number of allylic oxidation sites excluding steroid dienone is 1. The maximum Gasteiger partial charge on any atom is 0.338 e. The number of hydrogen-bond donors (Lipinski definition) is 0. The molecule has 0 radical (unpaired) electrons. The maximum atomic E-state index is 13.5. The van der Waals surface area contributed by atoms with Crippen LogP contribution in [0.5, 0.6) is 5.75 Å². The summed E-state index contributed by atoms with van der Waals surface area (Å²) in [6.07, 6.45) is 3.96. The van der Waals surface area contributed by atoms with Crippen molar-refractivity contribution in [2.45, 2.75) is 39.7 Å². The van der Waals surface area contributed by atoms with Crippen molar-refractivity contribution in [3.63, 3.8) is 0 Å². The van der Waals surface area contributed by atoms with Crippen LogP contribution in [-0.4, -0.2) is 23.8 Å². The molecule has 0 spiro atoms. The number of unbranched alkanes of at least 4 members (excludes halogenated alkanes) is 1. The van der Waals surface area contributed by atoms with Gasteiger partial charge in [-0.1, -0.05) is 42.9 Å². The van der Waals surface area contributed by atoms with Crippen LogP contribution in [-0.2, 0) is 9.53 Å². The zero-order valence-corrected chi connectivity index (χ0v) is 20.5. The summed E-state index contributed by atoms with van der Waals surface area (Å²) in [6.45, 7) is 6.64. The second-order valence-corrected chi connectivity index (χ2v) is 9.58. The summed E-state index contributed by atoms with van der Waals surface area (Å²) in [6, 6.07) is 11.0. The number of benzene rings is 1. The molecule has 0 saturated carbocycles. The number of aromatic nitrogens is 1. The molecule has 3 aromatic rings. The van der Waals surface area contributed by atoms with E-state index in [4.69, 9.17) is 9.47 Å². The van der Waals surface area contributed by atoms with Crippen molar-refractivity contribution in [2.75, 3.05) is 13.2 Å². The molecule has 1 aromatic carbocycles. The van der Waals surface area contributed by atoms with Crippen LogP contribution in [0.1, 0.15) is 50.1 Å². The van der Waals surface area contributed by atoms with Crippen molar-refractivity contribution >= 4 is 34.7 Å². The highest BCUT2D eigenvalue weighted by atomic mass is 32.1. The summed E-state index contributed by atoms with van der Waals surface area (Å²) in [5, 5.41) is 1.94. The van der Waals surface area contributed by atoms with E-state index in [1.54, 1.807) is 18.4 Å².